The van der Waals surface area contributed by atoms with Gasteiger partial charge in [-0.1, -0.05) is 51.1 Å². The maximum Gasteiger partial charge on any atom is 0.0796 e. The summed E-state index contributed by atoms with van der Waals surface area (Å²) in [5, 5.41) is 0. The largest absolute Gasteiger partial charge is 0.373 e. The molecule has 0 heterocycles. The van der Waals surface area contributed by atoms with E-state index in [0.29, 0.717) is 5.92 Å². The van der Waals surface area contributed by atoms with Gasteiger partial charge in [-0.2, -0.15) is 12.6 Å². The highest BCUT2D eigenvalue weighted by Gasteiger charge is 2.24. The first-order chi connectivity index (χ1) is 7.95. The minimum Gasteiger partial charge on any atom is -0.373 e. The standard InChI is InChI=1S/C15H24OS/c1-12(13-8-6-5-7-9-13)16-10-14(11-17)15(2,3)4/h5-9,12,14,17H,10-11H2,1-4H3. The van der Waals surface area contributed by atoms with E-state index < -0.39 is 0 Å². The van der Waals surface area contributed by atoms with Crippen LogP contribution in [0.2, 0.25) is 0 Å². The molecule has 0 saturated carbocycles. The molecule has 0 N–H and O–H groups in total. The Kier molecular flexibility index (Phi) is 5.54. The van der Waals surface area contributed by atoms with Gasteiger partial charge in [-0.15, -0.1) is 0 Å². The van der Waals surface area contributed by atoms with Crippen LogP contribution in [0.3, 0.4) is 0 Å². The van der Waals surface area contributed by atoms with Crippen LogP contribution in [0.1, 0.15) is 39.4 Å². The maximum atomic E-state index is 5.96. The summed E-state index contributed by atoms with van der Waals surface area (Å²) in [4.78, 5) is 0. The molecule has 1 rings (SSSR count). The molecule has 2 unspecified atom stereocenters. The van der Waals surface area contributed by atoms with E-state index in [1.54, 1.807) is 0 Å². The van der Waals surface area contributed by atoms with Gasteiger partial charge in [0.25, 0.3) is 0 Å². The number of thiol groups is 1. The zero-order valence-corrected chi connectivity index (χ0v) is 12.2. The minimum absolute atomic E-state index is 0.154. The molecule has 0 spiro atoms. The van der Waals surface area contributed by atoms with E-state index in [1.807, 2.05) is 6.07 Å². The first-order valence-electron chi connectivity index (χ1n) is 6.22. The van der Waals surface area contributed by atoms with Crippen LogP contribution in [-0.2, 0) is 4.74 Å². The molecule has 1 nitrogen and oxygen atoms in total. The third-order valence-electron chi connectivity index (χ3n) is 3.26. The molecule has 0 saturated heterocycles. The number of benzene rings is 1. The van der Waals surface area contributed by atoms with Crippen LogP contribution in [0.25, 0.3) is 0 Å². The maximum absolute atomic E-state index is 5.96. The average molecular weight is 252 g/mol. The van der Waals surface area contributed by atoms with Crippen LogP contribution in [0.4, 0.5) is 0 Å². The second-order valence-electron chi connectivity index (χ2n) is 5.63. The van der Waals surface area contributed by atoms with Crippen molar-refractivity contribution < 1.29 is 4.74 Å². The molecule has 0 aliphatic heterocycles. The van der Waals surface area contributed by atoms with Crippen molar-refractivity contribution in [1.29, 1.82) is 0 Å². The Labute approximate surface area is 111 Å². The Morgan fingerprint density at radius 1 is 1.18 bits per heavy atom. The summed E-state index contributed by atoms with van der Waals surface area (Å²) in [6.07, 6.45) is 0.154. The van der Waals surface area contributed by atoms with Gasteiger partial charge in [-0.3, -0.25) is 0 Å². The minimum atomic E-state index is 0.154. The predicted octanol–water partition coefficient (Wildman–Crippen LogP) is 4.36. The summed E-state index contributed by atoms with van der Waals surface area (Å²) >= 11 is 4.42. The van der Waals surface area contributed by atoms with Gasteiger partial charge in [-0.05, 0) is 29.6 Å². The highest BCUT2D eigenvalue weighted by atomic mass is 32.1. The fourth-order valence-electron chi connectivity index (χ4n) is 1.66. The second-order valence-corrected chi connectivity index (χ2v) is 6.00. The van der Waals surface area contributed by atoms with Crippen LogP contribution in [0, 0.1) is 11.3 Å². The van der Waals surface area contributed by atoms with Crippen LogP contribution < -0.4 is 0 Å². The van der Waals surface area contributed by atoms with Gasteiger partial charge < -0.3 is 4.74 Å². The Hall–Kier alpha value is -0.470. The summed E-state index contributed by atoms with van der Waals surface area (Å²) in [5.41, 5.74) is 1.48. The predicted molar refractivity (Wildman–Crippen MR) is 77.6 cm³/mol. The summed E-state index contributed by atoms with van der Waals surface area (Å²) in [6.45, 7) is 9.59. The van der Waals surface area contributed by atoms with Crippen molar-refractivity contribution in [3.8, 4) is 0 Å². The van der Waals surface area contributed by atoms with Gasteiger partial charge in [-0.25, -0.2) is 0 Å². The van der Waals surface area contributed by atoms with Crippen molar-refractivity contribution in [2.45, 2.75) is 33.8 Å². The first kappa shape index (κ1) is 14.6. The van der Waals surface area contributed by atoms with Crippen LogP contribution in [0.15, 0.2) is 30.3 Å². The molecule has 1 aromatic rings. The monoisotopic (exact) mass is 252 g/mol. The van der Waals surface area contributed by atoms with Crippen molar-refractivity contribution in [2.24, 2.45) is 11.3 Å². The fraction of sp³-hybridized carbons (Fsp3) is 0.600. The highest BCUT2D eigenvalue weighted by Crippen LogP contribution is 2.28. The zero-order chi connectivity index (χ0) is 12.9. The molecule has 0 radical (unpaired) electrons. The Morgan fingerprint density at radius 3 is 2.24 bits per heavy atom. The van der Waals surface area contributed by atoms with E-state index in [1.165, 1.54) is 5.56 Å². The summed E-state index contributed by atoms with van der Waals surface area (Å²) in [6, 6.07) is 10.3. The lowest BCUT2D eigenvalue weighted by molar-refractivity contribution is 0.0175. The Morgan fingerprint density at radius 2 is 1.76 bits per heavy atom. The number of hydrogen-bond donors (Lipinski definition) is 1. The summed E-state index contributed by atoms with van der Waals surface area (Å²) in [5.74, 6) is 1.35. The van der Waals surface area contributed by atoms with E-state index in [9.17, 15) is 0 Å². The molecule has 2 heteroatoms. The fourth-order valence-corrected chi connectivity index (χ4v) is 2.31. The van der Waals surface area contributed by atoms with Crippen molar-refractivity contribution in [1.82, 2.24) is 0 Å². The molecule has 17 heavy (non-hydrogen) atoms. The lowest BCUT2D eigenvalue weighted by atomic mass is 9.82. The molecule has 96 valence electrons. The lowest BCUT2D eigenvalue weighted by Gasteiger charge is -2.30. The third kappa shape index (κ3) is 4.72. The summed E-state index contributed by atoms with van der Waals surface area (Å²) < 4.78 is 5.96. The van der Waals surface area contributed by atoms with Gasteiger partial charge in [0.2, 0.25) is 0 Å². The number of hydrogen-bond acceptors (Lipinski definition) is 2. The van der Waals surface area contributed by atoms with Crippen LogP contribution in [-0.4, -0.2) is 12.4 Å². The quantitative estimate of drug-likeness (QED) is 0.766. The van der Waals surface area contributed by atoms with Crippen molar-refractivity contribution in [3.05, 3.63) is 35.9 Å². The molecule has 0 aromatic heterocycles. The zero-order valence-electron chi connectivity index (χ0n) is 11.3. The topological polar surface area (TPSA) is 9.23 Å². The third-order valence-corrected chi connectivity index (χ3v) is 3.70. The van der Waals surface area contributed by atoms with Crippen molar-refractivity contribution in [3.63, 3.8) is 0 Å². The summed E-state index contributed by atoms with van der Waals surface area (Å²) in [7, 11) is 0. The van der Waals surface area contributed by atoms with E-state index >= 15 is 0 Å². The molecule has 0 aliphatic carbocycles. The number of ether oxygens (including phenoxy) is 1. The smallest absolute Gasteiger partial charge is 0.0796 e. The molecule has 0 fully saturated rings. The van der Waals surface area contributed by atoms with E-state index in [0.717, 1.165) is 12.4 Å². The lowest BCUT2D eigenvalue weighted by Crippen LogP contribution is -2.27. The first-order valence-corrected chi connectivity index (χ1v) is 6.85. The van der Waals surface area contributed by atoms with Crippen LogP contribution >= 0.6 is 12.6 Å². The Balaban J connectivity index is 2.50. The number of rotatable bonds is 5. The normalized spacial score (nSPS) is 15.6. The molecule has 2 atom stereocenters. The van der Waals surface area contributed by atoms with Gasteiger partial charge >= 0.3 is 0 Å². The van der Waals surface area contributed by atoms with E-state index in [2.05, 4.69) is 64.6 Å². The molecule has 0 bridgehead atoms. The Bertz CT molecular complexity index is 315. The highest BCUT2D eigenvalue weighted by molar-refractivity contribution is 7.80. The van der Waals surface area contributed by atoms with Gasteiger partial charge in [0.1, 0.15) is 0 Å². The van der Waals surface area contributed by atoms with Crippen molar-refractivity contribution >= 4 is 12.6 Å². The average Bonchev–Trinajstić information content (AvgIpc) is 2.29. The van der Waals surface area contributed by atoms with E-state index in [4.69, 9.17) is 4.74 Å². The van der Waals surface area contributed by atoms with E-state index in [-0.39, 0.29) is 11.5 Å². The molecular formula is C15H24OS. The molecule has 0 amide bonds. The van der Waals surface area contributed by atoms with Crippen LogP contribution in [0.5, 0.6) is 0 Å². The molecule has 1 aromatic carbocycles. The second kappa shape index (κ2) is 6.46. The SMILES string of the molecule is CC(OCC(CS)C(C)(C)C)c1ccccc1. The molecule has 0 aliphatic rings. The van der Waals surface area contributed by atoms with Crippen molar-refractivity contribution in [2.75, 3.05) is 12.4 Å². The van der Waals surface area contributed by atoms with Gasteiger partial charge in [0, 0.05) is 0 Å². The van der Waals surface area contributed by atoms with Gasteiger partial charge in [0.05, 0.1) is 12.7 Å². The van der Waals surface area contributed by atoms with Gasteiger partial charge in [0.15, 0.2) is 0 Å². The molecular weight excluding hydrogens is 228 g/mol.